The van der Waals surface area contributed by atoms with Crippen LogP contribution in [0.25, 0.3) is 0 Å². The number of hydrogen-bond donors (Lipinski definition) is 1. The van der Waals surface area contributed by atoms with Gasteiger partial charge in [0, 0.05) is 18.6 Å². The maximum atomic E-state index is 13.1. The third-order valence-corrected chi connectivity index (χ3v) is 4.78. The molecule has 2 aliphatic rings. The predicted octanol–water partition coefficient (Wildman–Crippen LogP) is 3.58. The van der Waals surface area contributed by atoms with Crippen molar-refractivity contribution in [2.45, 2.75) is 63.0 Å². The maximum absolute atomic E-state index is 13.1. The summed E-state index contributed by atoms with van der Waals surface area (Å²) in [5.74, 6) is 0. The normalized spacial score (nSPS) is 30.4. The first-order chi connectivity index (χ1) is 9.95. The van der Waals surface area contributed by atoms with Crippen molar-refractivity contribution in [3.05, 3.63) is 35.4 Å². The van der Waals surface area contributed by atoms with Gasteiger partial charge >= 0.3 is 6.18 Å². The van der Waals surface area contributed by atoms with Gasteiger partial charge in [-0.2, -0.15) is 13.2 Å². The molecule has 1 aromatic rings. The van der Waals surface area contributed by atoms with Crippen molar-refractivity contribution >= 4 is 0 Å². The zero-order valence-electron chi connectivity index (χ0n) is 11.8. The Bertz CT molecular complexity index is 489. The highest BCUT2D eigenvalue weighted by atomic mass is 19.4. The Morgan fingerprint density at radius 2 is 1.71 bits per heavy atom. The van der Waals surface area contributed by atoms with E-state index in [4.69, 9.17) is 0 Å². The van der Waals surface area contributed by atoms with Gasteiger partial charge in [0.25, 0.3) is 0 Å². The van der Waals surface area contributed by atoms with E-state index in [1.54, 1.807) is 12.1 Å². The Hall–Kier alpha value is -1.07. The van der Waals surface area contributed by atoms with E-state index in [-0.39, 0.29) is 18.2 Å². The minimum atomic E-state index is -4.30. The fraction of sp³-hybridized carbons (Fsp3) is 0.625. The number of nitrogens with zero attached hydrogens (tertiary/aromatic N) is 1. The van der Waals surface area contributed by atoms with Crippen LogP contribution in [0.2, 0.25) is 0 Å². The molecule has 21 heavy (non-hydrogen) atoms. The number of fused-ring (bicyclic) bond motifs is 2. The lowest BCUT2D eigenvalue weighted by atomic mass is 9.82. The van der Waals surface area contributed by atoms with Crippen molar-refractivity contribution in [2.75, 3.05) is 0 Å². The molecule has 0 amide bonds. The average molecular weight is 299 g/mol. The van der Waals surface area contributed by atoms with Crippen molar-refractivity contribution in [2.24, 2.45) is 0 Å². The number of halogens is 3. The van der Waals surface area contributed by atoms with Crippen LogP contribution in [-0.2, 0) is 12.7 Å². The first-order valence-electron chi connectivity index (χ1n) is 7.54. The molecule has 3 rings (SSSR count). The third-order valence-electron chi connectivity index (χ3n) is 4.78. The molecule has 2 fully saturated rings. The molecule has 0 aliphatic carbocycles. The quantitative estimate of drug-likeness (QED) is 0.902. The number of piperidine rings is 2. The van der Waals surface area contributed by atoms with Gasteiger partial charge < -0.3 is 5.11 Å². The largest absolute Gasteiger partial charge is 0.416 e. The minimum absolute atomic E-state index is 0.216. The number of benzene rings is 1. The van der Waals surface area contributed by atoms with Crippen LogP contribution in [0.4, 0.5) is 13.2 Å². The number of hydrogen-bond acceptors (Lipinski definition) is 2. The molecular formula is C16H20F3NO. The second-order valence-electron chi connectivity index (χ2n) is 6.19. The molecule has 1 unspecified atom stereocenters. The van der Waals surface area contributed by atoms with E-state index in [1.807, 2.05) is 0 Å². The minimum Gasteiger partial charge on any atom is -0.393 e. The van der Waals surface area contributed by atoms with E-state index in [9.17, 15) is 18.3 Å². The van der Waals surface area contributed by atoms with Gasteiger partial charge in [0.1, 0.15) is 0 Å². The third kappa shape index (κ3) is 3.09. The zero-order chi connectivity index (χ0) is 15.0. The van der Waals surface area contributed by atoms with E-state index in [0.29, 0.717) is 24.9 Å². The Balaban J connectivity index is 1.84. The monoisotopic (exact) mass is 299 g/mol. The van der Waals surface area contributed by atoms with Crippen LogP contribution in [-0.4, -0.2) is 28.2 Å². The zero-order valence-corrected chi connectivity index (χ0v) is 11.8. The predicted molar refractivity (Wildman–Crippen MR) is 73.7 cm³/mol. The van der Waals surface area contributed by atoms with E-state index in [1.165, 1.54) is 6.07 Å². The van der Waals surface area contributed by atoms with E-state index >= 15 is 0 Å². The molecule has 1 aromatic carbocycles. The molecule has 2 heterocycles. The summed E-state index contributed by atoms with van der Waals surface area (Å²) in [6.07, 6.45) is -0.173. The summed E-state index contributed by atoms with van der Waals surface area (Å²) in [4.78, 5) is 2.18. The molecule has 1 N–H and O–H groups in total. The lowest BCUT2D eigenvalue weighted by Gasteiger charge is -2.48. The second kappa shape index (κ2) is 5.61. The molecule has 0 radical (unpaired) electrons. The molecular weight excluding hydrogens is 279 g/mol. The summed E-state index contributed by atoms with van der Waals surface area (Å²) >= 11 is 0. The van der Waals surface area contributed by atoms with E-state index in [0.717, 1.165) is 25.3 Å². The van der Waals surface area contributed by atoms with Crippen LogP contribution in [0.15, 0.2) is 24.3 Å². The fourth-order valence-electron chi connectivity index (χ4n) is 3.84. The van der Waals surface area contributed by atoms with Gasteiger partial charge in [-0.1, -0.05) is 24.6 Å². The van der Waals surface area contributed by atoms with Crippen LogP contribution in [0.3, 0.4) is 0 Å². The van der Waals surface area contributed by atoms with Crippen molar-refractivity contribution < 1.29 is 18.3 Å². The Labute approximate surface area is 122 Å². The maximum Gasteiger partial charge on any atom is 0.416 e. The molecule has 0 aromatic heterocycles. The first-order valence-corrected chi connectivity index (χ1v) is 7.54. The number of aliphatic hydroxyl groups is 1. The molecule has 116 valence electrons. The lowest BCUT2D eigenvalue weighted by molar-refractivity contribution is -0.139. The fourth-order valence-corrected chi connectivity index (χ4v) is 3.84. The Morgan fingerprint density at radius 1 is 1.10 bits per heavy atom. The van der Waals surface area contributed by atoms with Crippen LogP contribution < -0.4 is 0 Å². The topological polar surface area (TPSA) is 23.5 Å². The molecule has 0 saturated carbocycles. The summed E-state index contributed by atoms with van der Waals surface area (Å²) in [5.41, 5.74) is -0.188. The summed E-state index contributed by atoms with van der Waals surface area (Å²) in [7, 11) is 0. The summed E-state index contributed by atoms with van der Waals surface area (Å²) in [5, 5.41) is 9.88. The van der Waals surface area contributed by atoms with Gasteiger partial charge in [0.15, 0.2) is 0 Å². The summed E-state index contributed by atoms with van der Waals surface area (Å²) < 4.78 is 39.3. The number of rotatable bonds is 2. The van der Waals surface area contributed by atoms with Crippen molar-refractivity contribution in [1.29, 1.82) is 0 Å². The second-order valence-corrected chi connectivity index (χ2v) is 6.19. The van der Waals surface area contributed by atoms with Gasteiger partial charge in [0.2, 0.25) is 0 Å². The van der Waals surface area contributed by atoms with E-state index in [2.05, 4.69) is 4.90 Å². The Kier molecular flexibility index (Phi) is 3.97. The van der Waals surface area contributed by atoms with Crippen molar-refractivity contribution in [3.8, 4) is 0 Å². The molecule has 5 heteroatoms. The molecule has 3 atom stereocenters. The molecule has 2 nitrogen and oxygen atoms in total. The average Bonchev–Trinajstić information content (AvgIpc) is 2.39. The highest BCUT2D eigenvalue weighted by Crippen LogP contribution is 2.37. The molecule has 2 saturated heterocycles. The summed E-state index contributed by atoms with van der Waals surface area (Å²) in [6.45, 7) is 0.331. The van der Waals surface area contributed by atoms with Crippen LogP contribution in [0.1, 0.15) is 43.2 Å². The van der Waals surface area contributed by atoms with Gasteiger partial charge in [-0.3, -0.25) is 4.90 Å². The lowest BCUT2D eigenvalue weighted by Crippen LogP contribution is -2.52. The molecule has 2 bridgehead atoms. The van der Waals surface area contributed by atoms with E-state index < -0.39 is 11.7 Å². The van der Waals surface area contributed by atoms with Crippen LogP contribution in [0.5, 0.6) is 0 Å². The SMILES string of the molecule is OC1C[C@H]2CCC[C@@H](C1)N2Cc1ccccc1C(F)(F)F. The highest BCUT2D eigenvalue weighted by Gasteiger charge is 2.39. The van der Waals surface area contributed by atoms with Gasteiger partial charge in [-0.25, -0.2) is 0 Å². The molecule has 0 spiro atoms. The molecule has 2 aliphatic heterocycles. The van der Waals surface area contributed by atoms with Gasteiger partial charge in [0.05, 0.1) is 11.7 Å². The summed E-state index contributed by atoms with van der Waals surface area (Å²) in [6, 6.07) is 6.27. The van der Waals surface area contributed by atoms with Crippen LogP contribution >= 0.6 is 0 Å². The van der Waals surface area contributed by atoms with Gasteiger partial charge in [-0.15, -0.1) is 0 Å². The first kappa shape index (κ1) is 14.9. The smallest absolute Gasteiger partial charge is 0.393 e. The van der Waals surface area contributed by atoms with Crippen molar-refractivity contribution in [3.63, 3.8) is 0 Å². The van der Waals surface area contributed by atoms with Crippen LogP contribution in [0, 0.1) is 0 Å². The Morgan fingerprint density at radius 3 is 2.33 bits per heavy atom. The number of aliphatic hydroxyl groups excluding tert-OH is 1. The number of alkyl halides is 3. The highest BCUT2D eigenvalue weighted by molar-refractivity contribution is 5.29. The van der Waals surface area contributed by atoms with Gasteiger partial charge in [-0.05, 0) is 37.3 Å². The van der Waals surface area contributed by atoms with Crippen molar-refractivity contribution in [1.82, 2.24) is 4.90 Å². The standard InChI is InChI=1S/C16H20F3NO/c17-16(18,19)15-7-2-1-4-11(15)10-20-12-5-3-6-13(20)9-14(21)8-12/h1-2,4,7,12-14,21H,3,5-6,8-10H2/t12-,13+,14?.